The molecule has 2 N–H and O–H groups in total. The van der Waals surface area contributed by atoms with Gasteiger partial charge in [-0.2, -0.15) is 0 Å². The summed E-state index contributed by atoms with van der Waals surface area (Å²) in [5, 5.41) is 6.79. The van der Waals surface area contributed by atoms with Gasteiger partial charge in [0, 0.05) is 22.5 Å². The van der Waals surface area contributed by atoms with Crippen molar-refractivity contribution in [3.05, 3.63) is 118 Å². The highest BCUT2D eigenvalue weighted by atomic mass is 16.1. The molecule has 5 rings (SSSR count). The van der Waals surface area contributed by atoms with Crippen molar-refractivity contribution in [2.24, 2.45) is 0 Å². The zero-order valence-corrected chi connectivity index (χ0v) is 22.1. The molecule has 0 atom stereocenters. The zero-order valence-electron chi connectivity index (χ0n) is 22.1. The number of fused-ring (bicyclic) bond motifs is 2. The van der Waals surface area contributed by atoms with Gasteiger partial charge in [-0.15, -0.1) is 0 Å². The molecule has 1 aliphatic rings. The first-order valence-electron chi connectivity index (χ1n) is 13.7. The molecule has 38 heavy (non-hydrogen) atoms. The number of aryl methyl sites for hydroxylation is 2. The summed E-state index contributed by atoms with van der Waals surface area (Å²) in [6.07, 6.45) is 6.75. The third-order valence-electron chi connectivity index (χ3n) is 7.18. The molecule has 0 unspecified atom stereocenters. The van der Waals surface area contributed by atoms with Gasteiger partial charge in [-0.1, -0.05) is 75.2 Å². The second-order valence-electron chi connectivity index (χ2n) is 9.97. The van der Waals surface area contributed by atoms with Gasteiger partial charge in [0.15, 0.2) is 11.6 Å². The number of benzene rings is 4. The molecule has 0 fully saturated rings. The van der Waals surface area contributed by atoms with Crippen LogP contribution >= 0.6 is 0 Å². The Labute approximate surface area is 225 Å². The van der Waals surface area contributed by atoms with E-state index in [0.717, 1.165) is 49.9 Å². The van der Waals surface area contributed by atoms with Crippen molar-refractivity contribution in [1.29, 1.82) is 0 Å². The van der Waals surface area contributed by atoms with E-state index >= 15 is 0 Å². The van der Waals surface area contributed by atoms with Crippen LogP contribution in [0.3, 0.4) is 0 Å². The fourth-order valence-electron chi connectivity index (χ4n) is 5.03. The van der Waals surface area contributed by atoms with E-state index in [4.69, 9.17) is 0 Å². The van der Waals surface area contributed by atoms with Crippen LogP contribution in [0.25, 0.3) is 0 Å². The molecule has 0 radical (unpaired) electrons. The molecule has 192 valence electrons. The Balaban J connectivity index is 1.45. The van der Waals surface area contributed by atoms with Crippen LogP contribution in [-0.4, -0.2) is 11.6 Å². The topological polar surface area (TPSA) is 58.2 Å². The number of unbranched alkanes of at least 4 members (excludes halogenated alkanes) is 2. The Morgan fingerprint density at radius 3 is 1.34 bits per heavy atom. The Morgan fingerprint density at radius 1 is 0.526 bits per heavy atom. The van der Waals surface area contributed by atoms with Gasteiger partial charge in [0.05, 0.1) is 22.5 Å². The molecule has 0 saturated heterocycles. The molecule has 0 aromatic heterocycles. The van der Waals surface area contributed by atoms with Crippen molar-refractivity contribution >= 4 is 34.3 Å². The van der Waals surface area contributed by atoms with Crippen LogP contribution in [0.5, 0.6) is 0 Å². The van der Waals surface area contributed by atoms with E-state index in [1.54, 1.807) is 12.1 Å². The number of ketones is 2. The third-order valence-corrected chi connectivity index (χ3v) is 7.18. The molecule has 4 heteroatoms. The van der Waals surface area contributed by atoms with E-state index in [0.29, 0.717) is 33.6 Å². The minimum atomic E-state index is -0.153. The molecule has 0 amide bonds. The highest BCUT2D eigenvalue weighted by Crippen LogP contribution is 2.37. The highest BCUT2D eigenvalue weighted by molar-refractivity contribution is 6.32. The van der Waals surface area contributed by atoms with Gasteiger partial charge in [-0.3, -0.25) is 9.59 Å². The lowest BCUT2D eigenvalue weighted by molar-refractivity contribution is 0.0980. The number of nitrogens with one attached hydrogen (secondary N) is 2. The van der Waals surface area contributed by atoms with E-state index in [1.165, 1.54) is 11.1 Å². The lowest BCUT2D eigenvalue weighted by atomic mass is 9.82. The smallest absolute Gasteiger partial charge is 0.198 e. The van der Waals surface area contributed by atoms with Crippen molar-refractivity contribution in [3.63, 3.8) is 0 Å². The molecular weight excluding hydrogens is 468 g/mol. The highest BCUT2D eigenvalue weighted by Gasteiger charge is 2.33. The number of carbonyl (C=O) groups is 2. The predicted octanol–water partition coefficient (Wildman–Crippen LogP) is 8.63. The number of hydrogen-bond acceptors (Lipinski definition) is 4. The maximum Gasteiger partial charge on any atom is 0.198 e. The Hall–Kier alpha value is -4.18. The molecule has 0 heterocycles. The van der Waals surface area contributed by atoms with E-state index in [-0.39, 0.29) is 11.6 Å². The lowest BCUT2D eigenvalue weighted by Gasteiger charge is -2.23. The molecule has 4 nitrogen and oxygen atoms in total. The lowest BCUT2D eigenvalue weighted by Crippen LogP contribution is -2.23. The molecule has 0 bridgehead atoms. The van der Waals surface area contributed by atoms with Gasteiger partial charge in [0.1, 0.15) is 0 Å². The molecule has 4 aromatic carbocycles. The molecular formula is C34H34N2O2. The fourth-order valence-corrected chi connectivity index (χ4v) is 5.03. The summed E-state index contributed by atoms with van der Waals surface area (Å²) in [5.41, 5.74) is 7.36. The van der Waals surface area contributed by atoms with E-state index in [2.05, 4.69) is 48.7 Å². The van der Waals surface area contributed by atoms with Crippen LogP contribution in [0.15, 0.2) is 84.9 Å². The summed E-state index contributed by atoms with van der Waals surface area (Å²) < 4.78 is 0. The maximum absolute atomic E-state index is 14.0. The summed E-state index contributed by atoms with van der Waals surface area (Å²) in [4.78, 5) is 27.5. The van der Waals surface area contributed by atoms with E-state index in [9.17, 15) is 9.59 Å². The summed E-state index contributed by atoms with van der Waals surface area (Å²) in [7, 11) is 0. The Kier molecular flexibility index (Phi) is 7.69. The van der Waals surface area contributed by atoms with Gasteiger partial charge in [0.25, 0.3) is 0 Å². The van der Waals surface area contributed by atoms with Crippen molar-refractivity contribution in [2.45, 2.75) is 52.4 Å². The number of carbonyl (C=O) groups excluding carboxylic acids is 2. The van der Waals surface area contributed by atoms with Gasteiger partial charge >= 0.3 is 0 Å². The average molecular weight is 503 g/mol. The first-order valence-corrected chi connectivity index (χ1v) is 13.7. The second kappa shape index (κ2) is 11.5. The van der Waals surface area contributed by atoms with E-state index in [1.807, 2.05) is 48.5 Å². The van der Waals surface area contributed by atoms with Crippen molar-refractivity contribution < 1.29 is 9.59 Å². The summed E-state index contributed by atoms with van der Waals surface area (Å²) in [6, 6.07) is 27.5. The largest absolute Gasteiger partial charge is 0.355 e. The summed E-state index contributed by atoms with van der Waals surface area (Å²) >= 11 is 0. The normalized spacial score (nSPS) is 12.2. The third kappa shape index (κ3) is 5.26. The Morgan fingerprint density at radius 2 is 0.947 bits per heavy atom. The first-order chi connectivity index (χ1) is 18.6. The van der Waals surface area contributed by atoms with Gasteiger partial charge < -0.3 is 10.6 Å². The van der Waals surface area contributed by atoms with E-state index < -0.39 is 0 Å². The van der Waals surface area contributed by atoms with Crippen LogP contribution < -0.4 is 10.6 Å². The average Bonchev–Trinajstić information content (AvgIpc) is 2.95. The quantitative estimate of drug-likeness (QED) is 0.201. The molecule has 0 spiro atoms. The molecule has 1 aliphatic carbocycles. The SMILES string of the molecule is CCCCc1ccc(Nc2cccc3c2C(=O)c2c(Nc4ccc(CCCC)cc4)cccc2C3=O)cc1. The van der Waals surface area contributed by atoms with Crippen molar-refractivity contribution in [3.8, 4) is 0 Å². The van der Waals surface area contributed by atoms with Gasteiger partial charge in [-0.05, 0) is 73.2 Å². The van der Waals surface area contributed by atoms with Crippen LogP contribution in [0, 0.1) is 0 Å². The zero-order chi connectivity index (χ0) is 26.5. The Bertz CT molecular complexity index is 1340. The van der Waals surface area contributed by atoms with Gasteiger partial charge in [-0.25, -0.2) is 0 Å². The maximum atomic E-state index is 14.0. The van der Waals surface area contributed by atoms with Crippen LogP contribution in [0.1, 0.15) is 82.5 Å². The summed E-state index contributed by atoms with van der Waals surface area (Å²) in [6.45, 7) is 4.38. The molecule has 4 aromatic rings. The number of hydrogen-bond donors (Lipinski definition) is 2. The number of rotatable bonds is 10. The van der Waals surface area contributed by atoms with Crippen LogP contribution in [-0.2, 0) is 12.8 Å². The fraction of sp³-hybridized carbons (Fsp3) is 0.235. The molecule has 0 aliphatic heterocycles. The second-order valence-corrected chi connectivity index (χ2v) is 9.97. The van der Waals surface area contributed by atoms with Crippen LogP contribution in [0.2, 0.25) is 0 Å². The monoisotopic (exact) mass is 502 g/mol. The minimum absolute atomic E-state index is 0.133. The van der Waals surface area contributed by atoms with Crippen LogP contribution in [0.4, 0.5) is 22.7 Å². The predicted molar refractivity (Wildman–Crippen MR) is 156 cm³/mol. The van der Waals surface area contributed by atoms with Gasteiger partial charge in [0.2, 0.25) is 0 Å². The number of anilines is 4. The standard InChI is InChI=1S/C34H34N2O2/c1-3-5-9-23-15-19-25(20-16-23)35-29-13-7-11-27-31(29)34(38)32-28(33(27)37)12-8-14-30(32)36-26-21-17-24(18-22-26)10-6-4-2/h7-8,11-22,35-36H,3-6,9-10H2,1-2H3. The minimum Gasteiger partial charge on any atom is -0.355 e. The van der Waals surface area contributed by atoms with Crippen molar-refractivity contribution in [2.75, 3.05) is 10.6 Å². The van der Waals surface area contributed by atoms with Crippen molar-refractivity contribution in [1.82, 2.24) is 0 Å². The molecule has 0 saturated carbocycles. The first kappa shape index (κ1) is 25.5. The summed E-state index contributed by atoms with van der Waals surface area (Å²) in [5.74, 6) is -0.286.